The predicted molar refractivity (Wildman–Crippen MR) is 77.3 cm³/mol. The Hall–Kier alpha value is -1.39. The maximum atomic E-state index is 11.0. The van der Waals surface area contributed by atoms with Gasteiger partial charge in [-0.2, -0.15) is 0 Å². The highest BCUT2D eigenvalue weighted by Gasteiger charge is 2.39. The molecule has 2 saturated heterocycles. The number of piperidine rings is 1. The summed E-state index contributed by atoms with van der Waals surface area (Å²) in [5, 5.41) is 9.02. The Morgan fingerprint density at radius 1 is 1.20 bits per heavy atom. The smallest absolute Gasteiger partial charge is 0.307 e. The number of rotatable bonds is 4. The number of carboxylic acid groups (broad SMARTS) is 1. The predicted octanol–water partition coefficient (Wildman–Crippen LogP) is 1.77. The molecule has 2 atom stereocenters. The Morgan fingerprint density at radius 3 is 2.40 bits per heavy atom. The molecule has 0 saturated carbocycles. The van der Waals surface area contributed by atoms with E-state index < -0.39 is 5.97 Å². The second-order valence-electron chi connectivity index (χ2n) is 6.13. The van der Waals surface area contributed by atoms with Crippen molar-refractivity contribution in [2.24, 2.45) is 5.73 Å². The van der Waals surface area contributed by atoms with Crippen molar-refractivity contribution in [1.82, 2.24) is 4.90 Å². The van der Waals surface area contributed by atoms with Crippen LogP contribution in [0, 0.1) is 0 Å². The largest absolute Gasteiger partial charge is 0.481 e. The van der Waals surface area contributed by atoms with Crippen LogP contribution in [0.25, 0.3) is 0 Å². The number of aliphatic carboxylic acids is 1. The van der Waals surface area contributed by atoms with Crippen LogP contribution in [0.5, 0.6) is 0 Å². The Morgan fingerprint density at radius 2 is 1.80 bits per heavy atom. The SMILES string of the molecule is NC1CC2CCC(C1)N2Cc1ccccc1CC(=O)O. The lowest BCUT2D eigenvalue weighted by Gasteiger charge is -2.38. The first-order valence-corrected chi connectivity index (χ1v) is 7.43. The summed E-state index contributed by atoms with van der Waals surface area (Å²) in [6.07, 6.45) is 4.74. The van der Waals surface area contributed by atoms with E-state index in [-0.39, 0.29) is 6.42 Å². The van der Waals surface area contributed by atoms with Crippen molar-refractivity contribution >= 4 is 5.97 Å². The molecule has 2 aliphatic heterocycles. The molecule has 2 unspecified atom stereocenters. The second kappa shape index (κ2) is 5.54. The van der Waals surface area contributed by atoms with Gasteiger partial charge in [0, 0.05) is 24.7 Å². The van der Waals surface area contributed by atoms with Gasteiger partial charge in [-0.1, -0.05) is 24.3 Å². The van der Waals surface area contributed by atoms with Crippen LogP contribution in [0.2, 0.25) is 0 Å². The molecule has 4 nitrogen and oxygen atoms in total. The number of benzene rings is 1. The number of hydrogen-bond donors (Lipinski definition) is 2. The first kappa shape index (κ1) is 13.6. The molecule has 0 aliphatic carbocycles. The molecule has 4 heteroatoms. The zero-order valence-corrected chi connectivity index (χ0v) is 11.7. The van der Waals surface area contributed by atoms with Crippen molar-refractivity contribution in [2.45, 2.75) is 56.8 Å². The minimum atomic E-state index is -0.763. The van der Waals surface area contributed by atoms with Gasteiger partial charge in [-0.15, -0.1) is 0 Å². The molecule has 2 aliphatic rings. The summed E-state index contributed by atoms with van der Waals surface area (Å²) in [7, 11) is 0. The molecule has 3 N–H and O–H groups in total. The van der Waals surface area contributed by atoms with Crippen molar-refractivity contribution in [3.05, 3.63) is 35.4 Å². The normalized spacial score (nSPS) is 29.6. The number of carbonyl (C=O) groups is 1. The summed E-state index contributed by atoms with van der Waals surface area (Å²) in [6.45, 7) is 0.867. The summed E-state index contributed by atoms with van der Waals surface area (Å²) >= 11 is 0. The molecule has 1 aromatic rings. The van der Waals surface area contributed by atoms with E-state index in [1.807, 2.05) is 18.2 Å². The first-order chi connectivity index (χ1) is 9.63. The molecule has 0 amide bonds. The summed E-state index contributed by atoms with van der Waals surface area (Å²) in [5.74, 6) is -0.763. The van der Waals surface area contributed by atoms with Crippen molar-refractivity contribution < 1.29 is 9.90 Å². The number of hydrogen-bond acceptors (Lipinski definition) is 3. The Kier molecular flexibility index (Phi) is 3.76. The Balaban J connectivity index is 1.77. The minimum absolute atomic E-state index is 0.110. The van der Waals surface area contributed by atoms with E-state index in [0.717, 1.165) is 30.5 Å². The van der Waals surface area contributed by atoms with Crippen LogP contribution in [0.15, 0.2) is 24.3 Å². The highest BCUT2D eigenvalue weighted by molar-refractivity contribution is 5.70. The van der Waals surface area contributed by atoms with Crippen molar-refractivity contribution in [3.63, 3.8) is 0 Å². The third-order valence-corrected chi connectivity index (χ3v) is 4.73. The fraction of sp³-hybridized carbons (Fsp3) is 0.562. The van der Waals surface area contributed by atoms with E-state index in [1.54, 1.807) is 0 Å². The number of nitrogens with zero attached hydrogens (tertiary/aromatic N) is 1. The van der Waals surface area contributed by atoms with Gasteiger partial charge in [-0.3, -0.25) is 9.69 Å². The van der Waals surface area contributed by atoms with Crippen LogP contribution >= 0.6 is 0 Å². The summed E-state index contributed by atoms with van der Waals surface area (Å²) in [6, 6.07) is 9.43. The number of fused-ring (bicyclic) bond motifs is 2. The number of nitrogens with two attached hydrogens (primary N) is 1. The van der Waals surface area contributed by atoms with E-state index >= 15 is 0 Å². The highest BCUT2D eigenvalue weighted by atomic mass is 16.4. The molecular formula is C16H22N2O2. The summed E-state index contributed by atoms with van der Waals surface area (Å²) < 4.78 is 0. The van der Waals surface area contributed by atoms with Gasteiger partial charge < -0.3 is 10.8 Å². The van der Waals surface area contributed by atoms with Crippen molar-refractivity contribution in [2.75, 3.05) is 0 Å². The first-order valence-electron chi connectivity index (χ1n) is 7.43. The van der Waals surface area contributed by atoms with Crippen LogP contribution in [-0.2, 0) is 17.8 Å². The lowest BCUT2D eigenvalue weighted by Crippen LogP contribution is -2.46. The van der Waals surface area contributed by atoms with E-state index in [2.05, 4.69) is 11.0 Å². The maximum absolute atomic E-state index is 11.0. The molecule has 2 heterocycles. The minimum Gasteiger partial charge on any atom is -0.481 e. The molecule has 0 spiro atoms. The van der Waals surface area contributed by atoms with E-state index in [0.29, 0.717) is 18.1 Å². The molecule has 108 valence electrons. The van der Waals surface area contributed by atoms with Crippen LogP contribution < -0.4 is 5.73 Å². The van der Waals surface area contributed by atoms with E-state index in [4.69, 9.17) is 10.8 Å². The quantitative estimate of drug-likeness (QED) is 0.878. The van der Waals surface area contributed by atoms with Gasteiger partial charge in [0.05, 0.1) is 6.42 Å². The zero-order valence-electron chi connectivity index (χ0n) is 11.7. The summed E-state index contributed by atoms with van der Waals surface area (Å²) in [5.41, 5.74) is 8.20. The zero-order chi connectivity index (χ0) is 14.1. The standard InChI is InChI=1S/C16H22N2O2/c17-13-8-14-5-6-15(9-13)18(14)10-12-4-2-1-3-11(12)7-16(19)20/h1-4,13-15H,5-10,17H2,(H,19,20). The van der Waals surface area contributed by atoms with E-state index in [1.165, 1.54) is 12.8 Å². The molecule has 0 aromatic heterocycles. The van der Waals surface area contributed by atoms with Gasteiger partial charge >= 0.3 is 5.97 Å². The third kappa shape index (κ3) is 2.72. The third-order valence-electron chi connectivity index (χ3n) is 4.73. The van der Waals surface area contributed by atoms with Gasteiger partial charge in [0.1, 0.15) is 0 Å². The molecule has 2 bridgehead atoms. The van der Waals surface area contributed by atoms with Gasteiger partial charge in [0.15, 0.2) is 0 Å². The number of carboxylic acids is 1. The van der Waals surface area contributed by atoms with Crippen LogP contribution in [-0.4, -0.2) is 34.1 Å². The summed E-state index contributed by atoms with van der Waals surface area (Å²) in [4.78, 5) is 13.5. The van der Waals surface area contributed by atoms with Crippen LogP contribution in [0.4, 0.5) is 0 Å². The average molecular weight is 274 g/mol. The van der Waals surface area contributed by atoms with Crippen molar-refractivity contribution in [3.8, 4) is 0 Å². The van der Waals surface area contributed by atoms with Crippen LogP contribution in [0.3, 0.4) is 0 Å². The Bertz CT molecular complexity index is 489. The van der Waals surface area contributed by atoms with Gasteiger partial charge in [-0.05, 0) is 36.8 Å². The lowest BCUT2D eigenvalue weighted by molar-refractivity contribution is -0.136. The topological polar surface area (TPSA) is 66.6 Å². The molecule has 0 radical (unpaired) electrons. The van der Waals surface area contributed by atoms with Gasteiger partial charge in [-0.25, -0.2) is 0 Å². The van der Waals surface area contributed by atoms with Gasteiger partial charge in [0.2, 0.25) is 0 Å². The van der Waals surface area contributed by atoms with E-state index in [9.17, 15) is 4.79 Å². The second-order valence-corrected chi connectivity index (χ2v) is 6.13. The maximum Gasteiger partial charge on any atom is 0.307 e. The molecule has 20 heavy (non-hydrogen) atoms. The molecule has 2 fully saturated rings. The highest BCUT2D eigenvalue weighted by Crippen LogP contribution is 2.36. The monoisotopic (exact) mass is 274 g/mol. The lowest BCUT2D eigenvalue weighted by atomic mass is 9.96. The molecule has 1 aromatic carbocycles. The fourth-order valence-electron chi connectivity index (χ4n) is 3.82. The van der Waals surface area contributed by atoms with Crippen molar-refractivity contribution in [1.29, 1.82) is 0 Å². The van der Waals surface area contributed by atoms with Crippen LogP contribution in [0.1, 0.15) is 36.8 Å². The Labute approximate surface area is 119 Å². The molecule has 3 rings (SSSR count). The fourth-order valence-corrected chi connectivity index (χ4v) is 3.82. The molecular weight excluding hydrogens is 252 g/mol. The van der Waals surface area contributed by atoms with Gasteiger partial charge in [0.25, 0.3) is 0 Å². The average Bonchev–Trinajstić information content (AvgIpc) is 2.64.